The molecule has 1 fully saturated rings. The van der Waals surface area contributed by atoms with Gasteiger partial charge in [0.1, 0.15) is 5.54 Å². The van der Waals surface area contributed by atoms with Crippen LogP contribution >= 0.6 is 0 Å². The predicted octanol–water partition coefficient (Wildman–Crippen LogP) is -0.453. The van der Waals surface area contributed by atoms with Crippen LogP contribution in [0.25, 0.3) is 0 Å². The Morgan fingerprint density at radius 3 is 2.28 bits per heavy atom. The Bertz CT molecular complexity index is 479. The minimum Gasteiger partial charge on any atom is -0.341 e. The van der Waals surface area contributed by atoms with Gasteiger partial charge in [-0.15, -0.1) is 0 Å². The van der Waals surface area contributed by atoms with Gasteiger partial charge in [-0.1, -0.05) is 0 Å². The van der Waals surface area contributed by atoms with E-state index in [4.69, 9.17) is 0 Å². The Balaban J connectivity index is 2.98. The predicted molar refractivity (Wildman–Crippen MR) is 67.7 cm³/mol. The van der Waals surface area contributed by atoms with E-state index in [1.165, 1.54) is 4.90 Å². The van der Waals surface area contributed by atoms with Gasteiger partial charge in [0.2, 0.25) is 11.8 Å². The largest absolute Gasteiger partial charge is 0.341 e. The minimum atomic E-state index is -3.31. The van der Waals surface area contributed by atoms with Crippen LogP contribution in [0.5, 0.6) is 0 Å². The second-order valence-corrected chi connectivity index (χ2v) is 8.52. The molecule has 2 amide bonds. The summed E-state index contributed by atoms with van der Waals surface area (Å²) in [5.41, 5.74) is -0.983. The quantitative estimate of drug-likeness (QED) is 0.756. The van der Waals surface area contributed by atoms with Gasteiger partial charge in [0, 0.05) is 12.8 Å². The molecule has 7 heteroatoms. The maximum atomic E-state index is 12.1. The van der Waals surface area contributed by atoms with Crippen LogP contribution in [0.2, 0.25) is 0 Å². The summed E-state index contributed by atoms with van der Waals surface area (Å²) in [5, 5.41) is 2.58. The van der Waals surface area contributed by atoms with Gasteiger partial charge in [-0.25, -0.2) is 8.42 Å². The molecule has 0 aromatic carbocycles. The van der Waals surface area contributed by atoms with Crippen molar-refractivity contribution >= 4 is 21.7 Å². The molecule has 1 aliphatic heterocycles. The molecule has 1 aliphatic rings. The summed E-state index contributed by atoms with van der Waals surface area (Å²) in [7, 11) is -3.31. The molecule has 0 spiro atoms. The molecular weight excluding hydrogens is 256 g/mol. The highest BCUT2D eigenvalue weighted by atomic mass is 32.2. The van der Waals surface area contributed by atoms with Gasteiger partial charge in [-0.3, -0.25) is 9.59 Å². The standard InChI is InChI=1S/C11H20N2O4S/c1-10(2,18(5,16)17)7-13-6-8(14)12-11(3,4)9(13)15/h6-7H2,1-5H3,(H,12,14). The fourth-order valence-corrected chi connectivity index (χ4v) is 2.18. The smallest absolute Gasteiger partial charge is 0.248 e. The Morgan fingerprint density at radius 1 is 1.33 bits per heavy atom. The number of amides is 2. The molecule has 18 heavy (non-hydrogen) atoms. The third kappa shape index (κ3) is 2.82. The number of hydrogen-bond donors (Lipinski definition) is 1. The molecule has 0 unspecified atom stereocenters. The van der Waals surface area contributed by atoms with Crippen molar-refractivity contribution in [3.63, 3.8) is 0 Å². The van der Waals surface area contributed by atoms with E-state index in [1.54, 1.807) is 27.7 Å². The number of rotatable bonds is 3. The lowest BCUT2D eigenvalue weighted by molar-refractivity contribution is -0.148. The van der Waals surface area contributed by atoms with Crippen LogP contribution in [0.3, 0.4) is 0 Å². The summed E-state index contributed by atoms with van der Waals surface area (Å²) < 4.78 is 22.2. The van der Waals surface area contributed by atoms with Crippen molar-refractivity contribution < 1.29 is 18.0 Å². The van der Waals surface area contributed by atoms with E-state index in [1.807, 2.05) is 0 Å². The first kappa shape index (κ1) is 14.9. The molecule has 0 aromatic heterocycles. The molecule has 104 valence electrons. The van der Waals surface area contributed by atoms with Gasteiger partial charge in [0.05, 0.1) is 11.3 Å². The Labute approximate surface area is 108 Å². The van der Waals surface area contributed by atoms with Crippen molar-refractivity contribution in [3.8, 4) is 0 Å². The molecule has 1 rings (SSSR count). The lowest BCUT2D eigenvalue weighted by Crippen LogP contribution is -2.65. The summed E-state index contributed by atoms with van der Waals surface area (Å²) in [5.74, 6) is -0.539. The summed E-state index contributed by atoms with van der Waals surface area (Å²) in [6.45, 7) is 6.23. The molecule has 0 radical (unpaired) electrons. The molecule has 0 atom stereocenters. The average Bonchev–Trinajstić information content (AvgIpc) is 2.10. The van der Waals surface area contributed by atoms with Crippen molar-refractivity contribution in [1.82, 2.24) is 10.2 Å². The SMILES string of the molecule is CC1(C)NC(=O)CN(CC(C)(C)S(C)(=O)=O)C1=O. The van der Waals surface area contributed by atoms with E-state index >= 15 is 0 Å². The van der Waals surface area contributed by atoms with Crippen molar-refractivity contribution in [2.45, 2.75) is 38.0 Å². The fraction of sp³-hybridized carbons (Fsp3) is 0.818. The first-order valence-electron chi connectivity index (χ1n) is 5.67. The van der Waals surface area contributed by atoms with E-state index < -0.39 is 20.1 Å². The van der Waals surface area contributed by atoms with Crippen LogP contribution in [-0.4, -0.2) is 54.8 Å². The van der Waals surface area contributed by atoms with Crippen LogP contribution < -0.4 is 5.32 Å². The molecule has 0 aromatic rings. The number of piperazine rings is 1. The minimum absolute atomic E-state index is 0.0154. The summed E-state index contributed by atoms with van der Waals surface area (Å²) in [6, 6.07) is 0. The highest BCUT2D eigenvalue weighted by Gasteiger charge is 2.43. The van der Waals surface area contributed by atoms with Gasteiger partial charge >= 0.3 is 0 Å². The first-order chi connectivity index (χ1) is 7.87. The van der Waals surface area contributed by atoms with Crippen molar-refractivity contribution in [3.05, 3.63) is 0 Å². The van der Waals surface area contributed by atoms with Gasteiger partial charge < -0.3 is 10.2 Å². The monoisotopic (exact) mass is 276 g/mol. The van der Waals surface area contributed by atoms with E-state index in [9.17, 15) is 18.0 Å². The first-order valence-corrected chi connectivity index (χ1v) is 7.56. The summed E-state index contributed by atoms with van der Waals surface area (Å²) in [6.07, 6.45) is 1.13. The zero-order valence-electron chi connectivity index (χ0n) is 11.4. The molecule has 0 saturated carbocycles. The third-order valence-corrected chi connectivity index (χ3v) is 5.32. The number of nitrogens with zero attached hydrogens (tertiary/aromatic N) is 1. The molecular formula is C11H20N2O4S. The van der Waals surface area contributed by atoms with Gasteiger partial charge in [0.15, 0.2) is 9.84 Å². The average molecular weight is 276 g/mol. The van der Waals surface area contributed by atoms with Crippen LogP contribution in [-0.2, 0) is 19.4 Å². The number of sulfone groups is 1. The number of nitrogens with one attached hydrogen (secondary N) is 1. The highest BCUT2D eigenvalue weighted by molar-refractivity contribution is 7.92. The second-order valence-electron chi connectivity index (χ2n) is 5.87. The van der Waals surface area contributed by atoms with Crippen molar-refractivity contribution in [2.75, 3.05) is 19.3 Å². The van der Waals surface area contributed by atoms with Crippen LogP contribution in [0.1, 0.15) is 27.7 Å². The third-order valence-electron chi connectivity index (χ3n) is 3.18. The Kier molecular flexibility index (Phi) is 3.51. The van der Waals surface area contributed by atoms with E-state index in [0.29, 0.717) is 0 Å². The zero-order chi connectivity index (χ0) is 14.4. The second kappa shape index (κ2) is 4.22. The van der Waals surface area contributed by atoms with E-state index in [-0.39, 0.29) is 24.9 Å². The van der Waals surface area contributed by atoms with Crippen LogP contribution in [0.15, 0.2) is 0 Å². The van der Waals surface area contributed by atoms with Gasteiger partial charge in [-0.2, -0.15) is 0 Å². The van der Waals surface area contributed by atoms with Crippen molar-refractivity contribution in [1.29, 1.82) is 0 Å². The Morgan fingerprint density at radius 2 is 1.83 bits per heavy atom. The number of hydrogen-bond acceptors (Lipinski definition) is 4. The van der Waals surface area contributed by atoms with Crippen molar-refractivity contribution in [2.24, 2.45) is 0 Å². The topological polar surface area (TPSA) is 83.6 Å². The summed E-state index contributed by atoms with van der Waals surface area (Å²) in [4.78, 5) is 24.9. The maximum absolute atomic E-state index is 12.1. The number of carbonyl (C=O) groups excluding carboxylic acids is 2. The van der Waals surface area contributed by atoms with E-state index in [0.717, 1.165) is 6.26 Å². The lowest BCUT2D eigenvalue weighted by Gasteiger charge is -2.40. The fourth-order valence-electron chi connectivity index (χ4n) is 1.79. The molecule has 0 aliphatic carbocycles. The van der Waals surface area contributed by atoms with Crippen LogP contribution in [0.4, 0.5) is 0 Å². The zero-order valence-corrected chi connectivity index (χ0v) is 12.2. The summed E-state index contributed by atoms with van der Waals surface area (Å²) >= 11 is 0. The highest BCUT2D eigenvalue weighted by Crippen LogP contribution is 2.21. The molecule has 1 N–H and O–H groups in total. The van der Waals surface area contributed by atoms with E-state index in [2.05, 4.69) is 5.32 Å². The molecule has 1 heterocycles. The molecule has 6 nitrogen and oxygen atoms in total. The normalized spacial score (nSPS) is 20.8. The molecule has 0 bridgehead atoms. The van der Waals surface area contributed by atoms with Crippen LogP contribution in [0, 0.1) is 0 Å². The van der Waals surface area contributed by atoms with Gasteiger partial charge in [0.25, 0.3) is 0 Å². The number of carbonyl (C=O) groups is 2. The molecule has 1 saturated heterocycles. The lowest BCUT2D eigenvalue weighted by atomic mass is 9.99. The van der Waals surface area contributed by atoms with Gasteiger partial charge in [-0.05, 0) is 27.7 Å². The Hall–Kier alpha value is -1.11. The maximum Gasteiger partial charge on any atom is 0.248 e.